The van der Waals surface area contributed by atoms with Crippen molar-refractivity contribution in [3.63, 3.8) is 0 Å². The van der Waals surface area contributed by atoms with Crippen LogP contribution in [0.1, 0.15) is 34.9 Å². The van der Waals surface area contributed by atoms with E-state index in [2.05, 4.69) is 54.6 Å². The van der Waals surface area contributed by atoms with Gasteiger partial charge in [0.2, 0.25) is 0 Å². The topological polar surface area (TPSA) is 26.0 Å². The molecule has 2 aromatic carbocycles. The molecule has 2 atom stereocenters. The van der Waals surface area contributed by atoms with Crippen LogP contribution in [0.4, 0.5) is 0 Å². The number of fused-ring (bicyclic) bond motifs is 1. The molecule has 2 unspecified atom stereocenters. The second-order valence-electron chi connectivity index (χ2n) is 4.76. The highest BCUT2D eigenvalue weighted by Crippen LogP contribution is 2.44. The molecule has 1 aliphatic carbocycles. The van der Waals surface area contributed by atoms with Gasteiger partial charge in [0, 0.05) is 5.92 Å². The second kappa shape index (κ2) is 4.34. The molecule has 1 nitrogen and oxygen atoms in total. The maximum absolute atomic E-state index is 5.89. The molecule has 1 aliphatic rings. The van der Waals surface area contributed by atoms with Crippen molar-refractivity contribution >= 4 is 0 Å². The van der Waals surface area contributed by atoms with Gasteiger partial charge in [0.15, 0.2) is 0 Å². The van der Waals surface area contributed by atoms with Gasteiger partial charge in [-0.05, 0) is 35.6 Å². The van der Waals surface area contributed by atoms with Crippen LogP contribution in [0.3, 0.4) is 0 Å². The molecule has 86 valence electrons. The van der Waals surface area contributed by atoms with Gasteiger partial charge in [-0.25, -0.2) is 0 Å². The van der Waals surface area contributed by atoms with Crippen LogP contribution in [-0.2, 0) is 0 Å². The Labute approximate surface area is 102 Å². The number of rotatable bonds is 2. The van der Waals surface area contributed by atoms with E-state index in [0.29, 0.717) is 11.8 Å². The fourth-order valence-electron chi connectivity index (χ4n) is 2.96. The first kappa shape index (κ1) is 10.5. The van der Waals surface area contributed by atoms with Gasteiger partial charge in [-0.3, -0.25) is 0 Å². The highest BCUT2D eigenvalue weighted by atomic mass is 14.6. The Kier molecular flexibility index (Phi) is 2.69. The summed E-state index contributed by atoms with van der Waals surface area (Å²) in [6, 6.07) is 19.5. The first-order valence-electron chi connectivity index (χ1n) is 6.24. The van der Waals surface area contributed by atoms with E-state index in [1.54, 1.807) is 0 Å². The quantitative estimate of drug-likeness (QED) is 0.830. The van der Waals surface area contributed by atoms with Gasteiger partial charge in [0.1, 0.15) is 0 Å². The van der Waals surface area contributed by atoms with Gasteiger partial charge in [-0.1, -0.05) is 54.6 Å². The number of hydrogen-bond acceptors (Lipinski definition) is 1. The molecule has 0 spiro atoms. The summed E-state index contributed by atoms with van der Waals surface area (Å²) in [5, 5.41) is 0. The maximum atomic E-state index is 5.89. The lowest BCUT2D eigenvalue weighted by atomic mass is 9.93. The maximum Gasteiger partial charge on any atom is 0.00984 e. The lowest BCUT2D eigenvalue weighted by molar-refractivity contribution is 0.645. The predicted molar refractivity (Wildman–Crippen MR) is 71.1 cm³/mol. The van der Waals surface area contributed by atoms with Crippen LogP contribution >= 0.6 is 0 Å². The van der Waals surface area contributed by atoms with Crippen molar-refractivity contribution in [1.29, 1.82) is 0 Å². The lowest BCUT2D eigenvalue weighted by Gasteiger charge is -2.11. The molecule has 0 saturated carbocycles. The summed E-state index contributed by atoms with van der Waals surface area (Å²) in [5.74, 6) is 1.05. The molecular formula is C16H17N. The summed E-state index contributed by atoms with van der Waals surface area (Å²) in [4.78, 5) is 0. The molecule has 0 aromatic heterocycles. The molecule has 2 aromatic rings. The van der Waals surface area contributed by atoms with E-state index in [1.807, 2.05) is 0 Å². The van der Waals surface area contributed by atoms with E-state index in [1.165, 1.54) is 16.7 Å². The Morgan fingerprint density at radius 2 is 1.53 bits per heavy atom. The minimum atomic E-state index is 0.524. The Bertz CT molecular complexity index is 504. The van der Waals surface area contributed by atoms with Crippen molar-refractivity contribution in [2.75, 3.05) is 6.54 Å². The first-order chi connectivity index (χ1) is 8.40. The van der Waals surface area contributed by atoms with Gasteiger partial charge in [-0.15, -0.1) is 0 Å². The van der Waals surface area contributed by atoms with Crippen LogP contribution < -0.4 is 5.73 Å². The first-order valence-corrected chi connectivity index (χ1v) is 6.24. The zero-order valence-electron chi connectivity index (χ0n) is 9.84. The highest BCUT2D eigenvalue weighted by Gasteiger charge is 2.30. The number of nitrogens with two attached hydrogens (primary N) is 1. The van der Waals surface area contributed by atoms with E-state index in [9.17, 15) is 0 Å². The molecule has 0 saturated heterocycles. The fourth-order valence-corrected chi connectivity index (χ4v) is 2.96. The Morgan fingerprint density at radius 1 is 0.882 bits per heavy atom. The van der Waals surface area contributed by atoms with Crippen molar-refractivity contribution < 1.29 is 0 Å². The third kappa shape index (κ3) is 1.77. The molecule has 0 aliphatic heterocycles. The smallest absolute Gasteiger partial charge is 0.00984 e. The van der Waals surface area contributed by atoms with Crippen LogP contribution in [0.2, 0.25) is 0 Å². The third-order valence-corrected chi connectivity index (χ3v) is 3.82. The van der Waals surface area contributed by atoms with E-state index >= 15 is 0 Å². The number of benzene rings is 2. The molecule has 2 N–H and O–H groups in total. The van der Waals surface area contributed by atoms with Crippen molar-refractivity contribution in [2.24, 2.45) is 5.73 Å². The Hall–Kier alpha value is -1.60. The van der Waals surface area contributed by atoms with Gasteiger partial charge < -0.3 is 5.73 Å². The fraction of sp³-hybridized carbons (Fsp3) is 0.250. The summed E-state index contributed by atoms with van der Waals surface area (Å²) in [6.45, 7) is 0.750. The predicted octanol–water partition coefficient (Wildman–Crippen LogP) is 3.26. The summed E-state index contributed by atoms with van der Waals surface area (Å²) >= 11 is 0. The summed E-state index contributed by atoms with van der Waals surface area (Å²) in [6.07, 6.45) is 1.15. The van der Waals surface area contributed by atoms with Crippen LogP contribution in [0.5, 0.6) is 0 Å². The standard InChI is InChI=1S/C16H17N/c17-11-13-10-16(12-6-2-1-3-7-12)15-9-5-4-8-14(13)15/h1-9,13,16H,10-11,17H2. The monoisotopic (exact) mass is 223 g/mol. The zero-order valence-corrected chi connectivity index (χ0v) is 9.84. The Balaban J connectivity index is 2.05. The second-order valence-corrected chi connectivity index (χ2v) is 4.76. The summed E-state index contributed by atoms with van der Waals surface area (Å²) < 4.78 is 0. The van der Waals surface area contributed by atoms with Crippen molar-refractivity contribution in [3.05, 3.63) is 71.3 Å². The Morgan fingerprint density at radius 3 is 2.24 bits per heavy atom. The minimum absolute atomic E-state index is 0.524. The van der Waals surface area contributed by atoms with Crippen LogP contribution in [0, 0.1) is 0 Å². The molecule has 0 radical (unpaired) electrons. The largest absolute Gasteiger partial charge is 0.330 e. The summed E-state index contributed by atoms with van der Waals surface area (Å²) in [7, 11) is 0. The van der Waals surface area contributed by atoms with E-state index < -0.39 is 0 Å². The van der Waals surface area contributed by atoms with Crippen molar-refractivity contribution in [3.8, 4) is 0 Å². The van der Waals surface area contributed by atoms with Gasteiger partial charge in [0.05, 0.1) is 0 Å². The normalized spacial score (nSPS) is 22.4. The van der Waals surface area contributed by atoms with E-state index in [4.69, 9.17) is 5.73 Å². The molecule has 0 amide bonds. The van der Waals surface area contributed by atoms with Crippen LogP contribution in [0.15, 0.2) is 54.6 Å². The number of hydrogen-bond donors (Lipinski definition) is 1. The molecule has 17 heavy (non-hydrogen) atoms. The van der Waals surface area contributed by atoms with E-state index in [-0.39, 0.29) is 0 Å². The third-order valence-electron chi connectivity index (χ3n) is 3.82. The van der Waals surface area contributed by atoms with Crippen molar-refractivity contribution in [1.82, 2.24) is 0 Å². The SMILES string of the molecule is NCC1CC(c2ccccc2)c2ccccc21. The van der Waals surface area contributed by atoms with Crippen LogP contribution in [-0.4, -0.2) is 6.54 Å². The zero-order chi connectivity index (χ0) is 11.7. The molecule has 0 fully saturated rings. The van der Waals surface area contributed by atoms with E-state index in [0.717, 1.165) is 13.0 Å². The van der Waals surface area contributed by atoms with Crippen molar-refractivity contribution in [2.45, 2.75) is 18.3 Å². The van der Waals surface area contributed by atoms with Crippen LogP contribution in [0.25, 0.3) is 0 Å². The molecule has 0 bridgehead atoms. The molecule has 0 heterocycles. The molecule has 1 heteroatoms. The minimum Gasteiger partial charge on any atom is -0.330 e. The van der Waals surface area contributed by atoms with Gasteiger partial charge in [0.25, 0.3) is 0 Å². The lowest BCUT2D eigenvalue weighted by Crippen LogP contribution is -2.09. The summed E-state index contributed by atoms with van der Waals surface area (Å²) in [5.41, 5.74) is 10.2. The van der Waals surface area contributed by atoms with Gasteiger partial charge >= 0.3 is 0 Å². The average molecular weight is 223 g/mol. The van der Waals surface area contributed by atoms with Gasteiger partial charge in [-0.2, -0.15) is 0 Å². The highest BCUT2D eigenvalue weighted by molar-refractivity contribution is 5.44. The molecule has 3 rings (SSSR count). The average Bonchev–Trinajstić information content (AvgIpc) is 2.78. The molecular weight excluding hydrogens is 206 g/mol.